The van der Waals surface area contributed by atoms with Crippen molar-refractivity contribution < 1.29 is 9.90 Å². The number of pyridine rings is 1. The first kappa shape index (κ1) is 12.9. The maximum absolute atomic E-state index is 11.4. The smallest absolute Gasteiger partial charge is 0.230 e. The van der Waals surface area contributed by atoms with Crippen LogP contribution in [-0.4, -0.2) is 32.7 Å². The average Bonchev–Trinajstić information content (AvgIpc) is 2.74. The molecule has 2 aromatic heterocycles. The Morgan fingerprint density at radius 2 is 2.39 bits per heavy atom. The first-order chi connectivity index (χ1) is 8.76. The minimum absolute atomic E-state index is 0.0246. The first-order valence-corrected chi connectivity index (χ1v) is 6.71. The molecule has 2 rings (SSSR count). The normalized spacial score (nSPS) is 10.8. The second kappa shape index (κ2) is 5.88. The molecule has 2 heterocycles. The summed E-state index contributed by atoms with van der Waals surface area (Å²) in [6.45, 7) is 2.41. The van der Waals surface area contributed by atoms with Crippen LogP contribution in [0.4, 0.5) is 0 Å². The summed E-state index contributed by atoms with van der Waals surface area (Å²) in [5.74, 6) is 0.286. The van der Waals surface area contributed by atoms with Crippen LogP contribution in [0, 0.1) is 0 Å². The van der Waals surface area contributed by atoms with Crippen LogP contribution in [-0.2, 0) is 11.4 Å². The Kier molecular flexibility index (Phi) is 4.22. The minimum Gasteiger partial charge on any atom is -0.390 e. The number of nitrogens with zero attached hydrogens (tertiary/aromatic N) is 2. The van der Waals surface area contributed by atoms with E-state index in [9.17, 15) is 9.90 Å². The Hall–Kier alpha value is -1.53. The van der Waals surface area contributed by atoms with Gasteiger partial charge in [-0.15, -0.1) is 0 Å². The molecule has 0 radical (unpaired) electrons. The summed E-state index contributed by atoms with van der Waals surface area (Å²) in [4.78, 5) is 15.8. The number of imidazole rings is 1. The number of carbonyl (C=O) groups excluding carboxylic acids is 1. The lowest BCUT2D eigenvalue weighted by atomic mass is 10.4. The number of amides is 1. The molecule has 0 aliphatic heterocycles. The van der Waals surface area contributed by atoms with Crippen molar-refractivity contribution in [3.05, 3.63) is 30.1 Å². The molecule has 6 heteroatoms. The summed E-state index contributed by atoms with van der Waals surface area (Å²) in [7, 11) is 0. The van der Waals surface area contributed by atoms with E-state index in [4.69, 9.17) is 0 Å². The van der Waals surface area contributed by atoms with Gasteiger partial charge in [0.25, 0.3) is 0 Å². The number of carbonyl (C=O) groups is 1. The Balaban J connectivity index is 2.19. The zero-order chi connectivity index (χ0) is 13.0. The van der Waals surface area contributed by atoms with Crippen LogP contribution >= 0.6 is 11.8 Å². The van der Waals surface area contributed by atoms with Gasteiger partial charge in [-0.2, -0.15) is 0 Å². The molecule has 1 amide bonds. The van der Waals surface area contributed by atoms with E-state index >= 15 is 0 Å². The highest BCUT2D eigenvalue weighted by atomic mass is 32.2. The molecule has 0 unspecified atom stereocenters. The van der Waals surface area contributed by atoms with Crippen LogP contribution < -0.4 is 5.32 Å². The van der Waals surface area contributed by atoms with Crippen molar-refractivity contribution >= 4 is 23.3 Å². The number of aliphatic hydroxyl groups is 1. The number of aromatic nitrogens is 2. The van der Waals surface area contributed by atoms with Crippen LogP contribution in [0.25, 0.3) is 5.65 Å². The molecular weight excluding hydrogens is 250 g/mol. The zero-order valence-electron chi connectivity index (χ0n) is 10.1. The fourth-order valence-corrected chi connectivity index (χ4v) is 2.52. The molecule has 0 aromatic carbocycles. The highest BCUT2D eigenvalue weighted by Gasteiger charge is 2.12. The molecule has 0 bridgehead atoms. The summed E-state index contributed by atoms with van der Waals surface area (Å²) >= 11 is 1.34. The highest BCUT2D eigenvalue weighted by Crippen LogP contribution is 2.23. The van der Waals surface area contributed by atoms with E-state index in [2.05, 4.69) is 10.3 Å². The third-order valence-electron chi connectivity index (χ3n) is 2.46. The molecule has 0 spiro atoms. The van der Waals surface area contributed by atoms with Crippen molar-refractivity contribution in [1.82, 2.24) is 14.7 Å². The summed E-state index contributed by atoms with van der Waals surface area (Å²) < 4.78 is 1.83. The van der Waals surface area contributed by atoms with Gasteiger partial charge in [-0.1, -0.05) is 17.8 Å². The molecular formula is C12H15N3O2S. The van der Waals surface area contributed by atoms with Crippen LogP contribution in [0.3, 0.4) is 0 Å². The van der Waals surface area contributed by atoms with Gasteiger partial charge in [-0.3, -0.25) is 4.79 Å². The fourth-order valence-electron chi connectivity index (χ4n) is 1.67. The summed E-state index contributed by atoms with van der Waals surface area (Å²) in [5.41, 5.74) is 1.50. The number of nitrogens with one attached hydrogen (secondary N) is 1. The number of thioether (sulfide) groups is 1. The second-order valence-electron chi connectivity index (χ2n) is 3.69. The minimum atomic E-state index is -0.0943. The standard InChI is InChI=1S/C12H15N3O2S/c1-2-13-11(17)8-18-12-9(7-16)15-6-4-3-5-10(15)14-12/h3-6,16H,2,7-8H2,1H3,(H,13,17). The van der Waals surface area contributed by atoms with Gasteiger partial charge in [0.05, 0.1) is 18.1 Å². The Morgan fingerprint density at radius 3 is 3.11 bits per heavy atom. The third kappa shape index (κ3) is 2.65. The summed E-state index contributed by atoms with van der Waals surface area (Å²) in [5, 5.41) is 12.8. The maximum Gasteiger partial charge on any atom is 0.230 e. The topological polar surface area (TPSA) is 66.6 Å². The van der Waals surface area contributed by atoms with Gasteiger partial charge in [0.2, 0.25) is 5.91 Å². The van der Waals surface area contributed by atoms with E-state index < -0.39 is 0 Å². The molecule has 18 heavy (non-hydrogen) atoms. The van der Waals surface area contributed by atoms with Gasteiger partial charge in [-0.05, 0) is 19.1 Å². The van der Waals surface area contributed by atoms with Crippen molar-refractivity contribution in [1.29, 1.82) is 0 Å². The van der Waals surface area contributed by atoms with Crippen molar-refractivity contribution in [3.63, 3.8) is 0 Å². The van der Waals surface area contributed by atoms with E-state index in [1.165, 1.54) is 11.8 Å². The van der Waals surface area contributed by atoms with Crippen LogP contribution in [0.1, 0.15) is 12.6 Å². The Morgan fingerprint density at radius 1 is 1.56 bits per heavy atom. The monoisotopic (exact) mass is 265 g/mol. The lowest BCUT2D eigenvalue weighted by Crippen LogP contribution is -2.24. The average molecular weight is 265 g/mol. The number of hydrogen-bond donors (Lipinski definition) is 2. The van der Waals surface area contributed by atoms with Crippen molar-refractivity contribution in [2.45, 2.75) is 18.6 Å². The van der Waals surface area contributed by atoms with E-state index in [-0.39, 0.29) is 12.5 Å². The number of rotatable bonds is 5. The summed E-state index contributed by atoms with van der Waals surface area (Å²) in [6.07, 6.45) is 1.85. The van der Waals surface area contributed by atoms with Crippen LogP contribution in [0.5, 0.6) is 0 Å². The lowest BCUT2D eigenvalue weighted by Gasteiger charge is -2.02. The zero-order valence-corrected chi connectivity index (χ0v) is 10.9. The predicted molar refractivity (Wildman–Crippen MR) is 70.5 cm³/mol. The molecule has 0 saturated carbocycles. The maximum atomic E-state index is 11.4. The van der Waals surface area contributed by atoms with E-state index in [1.54, 1.807) is 0 Å². The van der Waals surface area contributed by atoms with E-state index in [0.717, 1.165) is 11.3 Å². The van der Waals surface area contributed by atoms with Gasteiger partial charge in [0.15, 0.2) is 0 Å². The first-order valence-electron chi connectivity index (χ1n) is 5.72. The Bertz CT molecular complexity index is 553. The predicted octanol–water partition coefficient (Wildman–Crippen LogP) is 1.05. The van der Waals surface area contributed by atoms with Crippen molar-refractivity contribution in [3.8, 4) is 0 Å². The van der Waals surface area contributed by atoms with Crippen LogP contribution in [0.2, 0.25) is 0 Å². The molecule has 96 valence electrons. The highest BCUT2D eigenvalue weighted by molar-refractivity contribution is 7.99. The number of hydrogen-bond acceptors (Lipinski definition) is 4. The quantitative estimate of drug-likeness (QED) is 0.793. The van der Waals surface area contributed by atoms with Crippen molar-refractivity contribution in [2.24, 2.45) is 0 Å². The molecule has 0 aliphatic rings. The van der Waals surface area contributed by atoms with E-state index in [1.807, 2.05) is 35.7 Å². The molecule has 0 atom stereocenters. The Labute approximate surface area is 109 Å². The molecule has 0 saturated heterocycles. The third-order valence-corrected chi connectivity index (χ3v) is 3.46. The lowest BCUT2D eigenvalue weighted by molar-refractivity contribution is -0.118. The van der Waals surface area contributed by atoms with Gasteiger partial charge >= 0.3 is 0 Å². The van der Waals surface area contributed by atoms with Gasteiger partial charge in [0, 0.05) is 12.7 Å². The van der Waals surface area contributed by atoms with E-state index in [0.29, 0.717) is 17.3 Å². The molecule has 5 nitrogen and oxygen atoms in total. The van der Waals surface area contributed by atoms with Crippen molar-refractivity contribution in [2.75, 3.05) is 12.3 Å². The summed E-state index contributed by atoms with van der Waals surface area (Å²) in [6, 6.07) is 5.64. The van der Waals surface area contributed by atoms with Gasteiger partial charge < -0.3 is 14.8 Å². The molecule has 0 aliphatic carbocycles. The van der Waals surface area contributed by atoms with Gasteiger partial charge in [0.1, 0.15) is 10.7 Å². The second-order valence-corrected chi connectivity index (χ2v) is 4.66. The fraction of sp³-hybridized carbons (Fsp3) is 0.333. The largest absolute Gasteiger partial charge is 0.390 e. The number of aliphatic hydroxyl groups excluding tert-OH is 1. The SMILES string of the molecule is CCNC(=O)CSc1nc2ccccn2c1CO. The molecule has 0 fully saturated rings. The molecule has 2 N–H and O–H groups in total. The molecule has 2 aromatic rings. The van der Waals surface area contributed by atoms with Gasteiger partial charge in [-0.25, -0.2) is 4.98 Å². The number of fused-ring (bicyclic) bond motifs is 1. The van der Waals surface area contributed by atoms with Crippen LogP contribution in [0.15, 0.2) is 29.4 Å².